The van der Waals surface area contributed by atoms with Gasteiger partial charge in [-0.3, -0.25) is 4.79 Å². The van der Waals surface area contributed by atoms with E-state index in [9.17, 15) is 4.79 Å². The van der Waals surface area contributed by atoms with E-state index >= 15 is 0 Å². The zero-order chi connectivity index (χ0) is 12.5. The smallest absolute Gasteiger partial charge is 0.136 e. The van der Waals surface area contributed by atoms with E-state index in [2.05, 4.69) is 11.9 Å². The van der Waals surface area contributed by atoms with Crippen molar-refractivity contribution in [3.8, 4) is 0 Å². The molecule has 102 valence electrons. The van der Waals surface area contributed by atoms with E-state index in [0.717, 1.165) is 25.2 Å². The molecular formula is C16H27NO. The Balaban J connectivity index is 1.48. The van der Waals surface area contributed by atoms with Crippen molar-refractivity contribution in [1.29, 1.82) is 0 Å². The van der Waals surface area contributed by atoms with Crippen LogP contribution in [0.15, 0.2) is 0 Å². The molecule has 0 spiro atoms. The summed E-state index contributed by atoms with van der Waals surface area (Å²) in [5.41, 5.74) is 0. The monoisotopic (exact) mass is 249 g/mol. The minimum atomic E-state index is 0.403. The lowest BCUT2D eigenvalue weighted by atomic mass is 9.85. The first kappa shape index (κ1) is 12.7. The summed E-state index contributed by atoms with van der Waals surface area (Å²) in [5.74, 6) is 1.86. The van der Waals surface area contributed by atoms with Crippen molar-refractivity contribution < 1.29 is 4.79 Å². The van der Waals surface area contributed by atoms with Gasteiger partial charge in [0.1, 0.15) is 5.78 Å². The van der Waals surface area contributed by atoms with Gasteiger partial charge in [0.2, 0.25) is 0 Å². The van der Waals surface area contributed by atoms with Gasteiger partial charge < -0.3 is 4.90 Å². The van der Waals surface area contributed by atoms with E-state index in [-0.39, 0.29) is 0 Å². The number of Topliss-reactive ketones (excluding diaryl/α,β-unsaturated/α-hetero) is 1. The third-order valence-corrected chi connectivity index (χ3v) is 5.83. The van der Waals surface area contributed by atoms with Crippen LogP contribution < -0.4 is 0 Å². The first-order chi connectivity index (χ1) is 8.74. The Hall–Kier alpha value is -0.370. The average molecular weight is 249 g/mol. The van der Waals surface area contributed by atoms with Crippen molar-refractivity contribution in [1.82, 2.24) is 4.90 Å². The predicted octanol–water partition coefficient (Wildman–Crippen LogP) is 3.40. The molecule has 0 aromatic carbocycles. The Morgan fingerprint density at radius 1 is 1.06 bits per heavy atom. The normalized spacial score (nSPS) is 37.3. The van der Waals surface area contributed by atoms with Gasteiger partial charge in [-0.1, -0.05) is 25.7 Å². The Kier molecular flexibility index (Phi) is 3.74. The van der Waals surface area contributed by atoms with Crippen LogP contribution in [0.1, 0.15) is 64.2 Å². The molecule has 0 aromatic rings. The largest absolute Gasteiger partial charge is 0.300 e. The van der Waals surface area contributed by atoms with Crippen LogP contribution in [-0.2, 0) is 4.79 Å². The fourth-order valence-corrected chi connectivity index (χ4v) is 4.52. The van der Waals surface area contributed by atoms with Gasteiger partial charge in [0.25, 0.3) is 0 Å². The van der Waals surface area contributed by atoms with Gasteiger partial charge in [-0.05, 0) is 45.1 Å². The van der Waals surface area contributed by atoms with Gasteiger partial charge in [-0.15, -0.1) is 0 Å². The van der Waals surface area contributed by atoms with Crippen LogP contribution in [0.2, 0.25) is 0 Å². The number of ketones is 1. The Morgan fingerprint density at radius 2 is 1.67 bits per heavy atom. The van der Waals surface area contributed by atoms with E-state index in [1.807, 2.05) is 0 Å². The van der Waals surface area contributed by atoms with Gasteiger partial charge >= 0.3 is 0 Å². The van der Waals surface area contributed by atoms with Crippen molar-refractivity contribution in [2.24, 2.45) is 11.8 Å². The maximum absolute atomic E-state index is 12.4. The molecule has 3 aliphatic rings. The third kappa shape index (κ3) is 2.49. The number of fused-ring (bicyclic) bond motifs is 2. The van der Waals surface area contributed by atoms with E-state index in [4.69, 9.17) is 0 Å². The number of nitrogens with zero attached hydrogens (tertiary/aromatic N) is 1. The second-order valence-corrected chi connectivity index (χ2v) is 6.87. The number of hydrogen-bond acceptors (Lipinski definition) is 2. The summed E-state index contributed by atoms with van der Waals surface area (Å²) in [6.45, 7) is 0. The number of hydrogen-bond donors (Lipinski definition) is 0. The van der Waals surface area contributed by atoms with Gasteiger partial charge in [0.15, 0.2) is 0 Å². The summed E-state index contributed by atoms with van der Waals surface area (Å²) in [7, 11) is 2.25. The molecule has 0 amide bonds. The molecule has 2 saturated heterocycles. The van der Waals surface area contributed by atoms with Crippen LogP contribution in [0.3, 0.4) is 0 Å². The quantitative estimate of drug-likeness (QED) is 0.761. The SMILES string of the molecule is CN1C2CCC1CC(C(=O)CCC1CCCC1)C2. The molecule has 1 aliphatic carbocycles. The second-order valence-electron chi connectivity index (χ2n) is 6.87. The highest BCUT2D eigenvalue weighted by Gasteiger charge is 2.40. The molecule has 0 radical (unpaired) electrons. The van der Waals surface area contributed by atoms with E-state index in [1.54, 1.807) is 0 Å². The van der Waals surface area contributed by atoms with Crippen LogP contribution in [0.5, 0.6) is 0 Å². The van der Waals surface area contributed by atoms with Crippen molar-refractivity contribution in [3.05, 3.63) is 0 Å². The summed E-state index contributed by atoms with van der Waals surface area (Å²) in [5, 5.41) is 0. The molecular weight excluding hydrogens is 222 g/mol. The molecule has 2 aliphatic heterocycles. The first-order valence-corrected chi connectivity index (χ1v) is 7.98. The lowest BCUT2D eigenvalue weighted by Crippen LogP contribution is -2.42. The van der Waals surface area contributed by atoms with Crippen LogP contribution in [0.25, 0.3) is 0 Å². The minimum Gasteiger partial charge on any atom is -0.300 e. The molecule has 0 N–H and O–H groups in total. The van der Waals surface area contributed by atoms with Gasteiger partial charge in [0.05, 0.1) is 0 Å². The lowest BCUT2D eigenvalue weighted by molar-refractivity contribution is -0.125. The number of carbonyl (C=O) groups is 1. The Morgan fingerprint density at radius 3 is 2.28 bits per heavy atom. The summed E-state index contributed by atoms with van der Waals surface area (Å²) < 4.78 is 0. The summed E-state index contributed by atoms with van der Waals surface area (Å²) >= 11 is 0. The van der Waals surface area contributed by atoms with E-state index < -0.39 is 0 Å². The summed E-state index contributed by atoms with van der Waals surface area (Å²) in [6.07, 6.45) is 12.6. The van der Waals surface area contributed by atoms with E-state index in [1.165, 1.54) is 44.9 Å². The number of carbonyl (C=O) groups excluding carboxylic acids is 1. The third-order valence-electron chi connectivity index (χ3n) is 5.83. The first-order valence-electron chi connectivity index (χ1n) is 7.98. The van der Waals surface area contributed by atoms with Crippen molar-refractivity contribution >= 4 is 5.78 Å². The van der Waals surface area contributed by atoms with Gasteiger partial charge in [-0.2, -0.15) is 0 Å². The highest BCUT2D eigenvalue weighted by molar-refractivity contribution is 5.81. The zero-order valence-electron chi connectivity index (χ0n) is 11.7. The molecule has 2 nitrogen and oxygen atoms in total. The maximum Gasteiger partial charge on any atom is 0.136 e. The van der Waals surface area contributed by atoms with Crippen LogP contribution >= 0.6 is 0 Å². The fraction of sp³-hybridized carbons (Fsp3) is 0.938. The summed E-state index contributed by atoms with van der Waals surface area (Å²) in [6, 6.07) is 1.42. The fourth-order valence-electron chi connectivity index (χ4n) is 4.52. The second kappa shape index (κ2) is 5.32. The molecule has 3 fully saturated rings. The topological polar surface area (TPSA) is 20.3 Å². The van der Waals surface area contributed by atoms with Crippen molar-refractivity contribution in [2.45, 2.75) is 76.3 Å². The number of rotatable bonds is 4. The number of piperidine rings is 1. The standard InChI is InChI=1S/C16H27NO/c1-17-14-7-8-15(17)11-13(10-14)16(18)9-6-12-4-2-3-5-12/h12-15H,2-11H2,1H3. The highest BCUT2D eigenvalue weighted by Crippen LogP contribution is 2.38. The predicted molar refractivity (Wildman–Crippen MR) is 73.5 cm³/mol. The van der Waals surface area contributed by atoms with Crippen molar-refractivity contribution in [2.75, 3.05) is 7.05 Å². The van der Waals surface area contributed by atoms with Crippen molar-refractivity contribution in [3.63, 3.8) is 0 Å². The molecule has 18 heavy (non-hydrogen) atoms. The lowest BCUT2D eigenvalue weighted by Gasteiger charge is -2.35. The molecule has 2 unspecified atom stereocenters. The van der Waals surface area contributed by atoms with Crippen LogP contribution in [0.4, 0.5) is 0 Å². The zero-order valence-corrected chi connectivity index (χ0v) is 11.7. The van der Waals surface area contributed by atoms with Gasteiger partial charge in [0, 0.05) is 24.4 Å². The average Bonchev–Trinajstić information content (AvgIpc) is 2.93. The summed E-state index contributed by atoms with van der Waals surface area (Å²) in [4.78, 5) is 14.9. The molecule has 2 atom stereocenters. The van der Waals surface area contributed by atoms with Crippen LogP contribution in [-0.4, -0.2) is 29.8 Å². The Bertz CT molecular complexity index is 294. The molecule has 3 rings (SSSR count). The molecule has 0 aromatic heterocycles. The molecule has 2 heteroatoms. The molecule has 2 bridgehead atoms. The van der Waals surface area contributed by atoms with Gasteiger partial charge in [-0.25, -0.2) is 0 Å². The van der Waals surface area contributed by atoms with E-state index in [0.29, 0.717) is 23.8 Å². The Labute approximate surface area is 111 Å². The highest BCUT2D eigenvalue weighted by atomic mass is 16.1. The molecule has 2 heterocycles. The molecule has 1 saturated carbocycles. The minimum absolute atomic E-state index is 0.403. The maximum atomic E-state index is 12.4. The van der Waals surface area contributed by atoms with Crippen LogP contribution in [0, 0.1) is 11.8 Å².